The van der Waals surface area contributed by atoms with Gasteiger partial charge in [0, 0.05) is 22.6 Å². The predicted molar refractivity (Wildman–Crippen MR) is 109 cm³/mol. The SMILES string of the molecule is COC1CCC2(CCc3ccc(Br)cc3C2=NS(=O)C(C)(C)C)CC1. The molecule has 3 rings (SSSR count). The van der Waals surface area contributed by atoms with Gasteiger partial charge in [-0.25, -0.2) is 4.21 Å². The first-order valence-electron chi connectivity index (χ1n) is 9.08. The van der Waals surface area contributed by atoms with Crippen LogP contribution >= 0.6 is 15.9 Å². The number of halogens is 1. The van der Waals surface area contributed by atoms with Crippen molar-refractivity contribution in [2.75, 3.05) is 7.11 Å². The number of methoxy groups -OCH3 is 1. The fourth-order valence-corrected chi connectivity index (χ4v) is 5.09. The Morgan fingerprint density at radius 1 is 1.24 bits per heavy atom. The van der Waals surface area contributed by atoms with Crippen molar-refractivity contribution in [3.05, 3.63) is 33.8 Å². The number of hydrogen-bond acceptors (Lipinski definition) is 2. The Bertz CT molecular complexity index is 700. The van der Waals surface area contributed by atoms with E-state index in [0.717, 1.165) is 48.7 Å². The van der Waals surface area contributed by atoms with Crippen molar-refractivity contribution in [3.63, 3.8) is 0 Å². The van der Waals surface area contributed by atoms with E-state index in [1.54, 1.807) is 7.11 Å². The van der Waals surface area contributed by atoms with Crippen LogP contribution in [0.4, 0.5) is 0 Å². The molecule has 1 aromatic rings. The van der Waals surface area contributed by atoms with Crippen LogP contribution in [-0.4, -0.2) is 27.9 Å². The van der Waals surface area contributed by atoms with E-state index in [4.69, 9.17) is 9.13 Å². The zero-order chi connectivity index (χ0) is 18.2. The molecule has 1 aromatic carbocycles. The molecule has 0 aromatic heterocycles. The minimum absolute atomic E-state index is 0.0454. The lowest BCUT2D eigenvalue weighted by Crippen LogP contribution is -2.42. The van der Waals surface area contributed by atoms with E-state index in [0.29, 0.717) is 6.10 Å². The maximum absolute atomic E-state index is 12.9. The summed E-state index contributed by atoms with van der Waals surface area (Å²) in [5.74, 6) is 0. The van der Waals surface area contributed by atoms with E-state index in [9.17, 15) is 4.21 Å². The summed E-state index contributed by atoms with van der Waals surface area (Å²) in [6.45, 7) is 5.98. The van der Waals surface area contributed by atoms with Crippen molar-refractivity contribution in [2.45, 2.75) is 70.1 Å². The van der Waals surface area contributed by atoms with Crippen LogP contribution in [0.1, 0.15) is 64.0 Å². The first kappa shape index (κ1) is 19.2. The molecule has 1 spiro atoms. The molecule has 0 aliphatic heterocycles. The molecule has 1 atom stereocenters. The summed E-state index contributed by atoms with van der Waals surface area (Å²) in [5.41, 5.74) is 3.63. The highest BCUT2D eigenvalue weighted by Gasteiger charge is 2.44. The second-order valence-electron chi connectivity index (χ2n) is 8.32. The van der Waals surface area contributed by atoms with Crippen molar-refractivity contribution in [2.24, 2.45) is 9.81 Å². The van der Waals surface area contributed by atoms with Crippen LogP contribution in [0.5, 0.6) is 0 Å². The van der Waals surface area contributed by atoms with Gasteiger partial charge in [0.1, 0.15) is 11.0 Å². The normalized spacial score (nSPS) is 29.6. The predicted octanol–water partition coefficient (Wildman–Crippen LogP) is 5.22. The Morgan fingerprint density at radius 2 is 1.92 bits per heavy atom. The van der Waals surface area contributed by atoms with Crippen molar-refractivity contribution < 1.29 is 8.95 Å². The number of fused-ring (bicyclic) bond motifs is 1. The van der Waals surface area contributed by atoms with Gasteiger partial charge in [0.05, 0.1) is 16.6 Å². The minimum atomic E-state index is -1.25. The lowest BCUT2D eigenvalue weighted by molar-refractivity contribution is 0.0433. The van der Waals surface area contributed by atoms with Crippen LogP contribution in [0, 0.1) is 5.41 Å². The van der Waals surface area contributed by atoms with E-state index in [1.165, 1.54) is 11.1 Å². The molecule has 0 radical (unpaired) electrons. The fourth-order valence-electron chi connectivity index (χ4n) is 4.00. The van der Waals surface area contributed by atoms with E-state index < -0.39 is 11.0 Å². The average molecular weight is 426 g/mol. The number of nitrogens with zero attached hydrogens (tertiary/aromatic N) is 1. The van der Waals surface area contributed by atoms with Gasteiger partial charge in [-0.3, -0.25) is 0 Å². The smallest absolute Gasteiger partial charge is 0.145 e. The number of benzene rings is 1. The molecule has 2 aliphatic rings. The molecule has 3 nitrogen and oxygen atoms in total. The zero-order valence-electron chi connectivity index (χ0n) is 15.6. The highest BCUT2D eigenvalue weighted by Crippen LogP contribution is 2.48. The number of rotatable bonds is 2. The van der Waals surface area contributed by atoms with Crippen LogP contribution in [0.15, 0.2) is 27.1 Å². The molecule has 0 amide bonds. The highest BCUT2D eigenvalue weighted by molar-refractivity contribution is 9.10. The topological polar surface area (TPSA) is 38.7 Å². The Morgan fingerprint density at radius 3 is 2.52 bits per heavy atom. The standard InChI is InChI=1S/C20H28BrNO2S/c1-19(2,3)25(23)22-18-17-13-15(21)6-5-14(17)7-10-20(18)11-8-16(24-4)9-12-20/h5-6,13,16H,7-12H2,1-4H3. The maximum Gasteiger partial charge on any atom is 0.145 e. The number of hydrogen-bond donors (Lipinski definition) is 0. The van der Waals surface area contributed by atoms with Gasteiger partial charge < -0.3 is 4.74 Å². The van der Waals surface area contributed by atoms with Crippen LogP contribution in [0.3, 0.4) is 0 Å². The first-order chi connectivity index (χ1) is 11.7. The third kappa shape index (κ3) is 3.93. The van der Waals surface area contributed by atoms with Gasteiger partial charge in [0.15, 0.2) is 0 Å². The maximum atomic E-state index is 12.9. The molecular weight excluding hydrogens is 398 g/mol. The average Bonchev–Trinajstić information content (AvgIpc) is 2.57. The van der Waals surface area contributed by atoms with Crippen LogP contribution in [0.2, 0.25) is 0 Å². The molecular formula is C20H28BrNO2S. The van der Waals surface area contributed by atoms with Gasteiger partial charge >= 0.3 is 0 Å². The van der Waals surface area contributed by atoms with Gasteiger partial charge in [-0.05, 0) is 77.0 Å². The summed E-state index contributed by atoms with van der Waals surface area (Å²) in [4.78, 5) is 0. The van der Waals surface area contributed by atoms with Crippen molar-refractivity contribution in [1.29, 1.82) is 0 Å². The largest absolute Gasteiger partial charge is 0.381 e. The summed E-state index contributed by atoms with van der Waals surface area (Å²) in [6, 6.07) is 6.44. The lowest BCUT2D eigenvalue weighted by atomic mass is 9.62. The molecule has 1 saturated carbocycles. The Kier molecular flexibility index (Phi) is 5.57. The molecule has 2 aliphatic carbocycles. The Hall–Kier alpha value is -0.520. The summed E-state index contributed by atoms with van der Waals surface area (Å²) >= 11 is 3.61. The third-order valence-corrected chi connectivity index (χ3v) is 7.51. The van der Waals surface area contributed by atoms with Gasteiger partial charge in [0.25, 0.3) is 0 Å². The lowest BCUT2D eigenvalue weighted by Gasteiger charge is -2.44. The number of aryl methyl sites for hydroxylation is 1. The molecule has 25 heavy (non-hydrogen) atoms. The van der Waals surface area contributed by atoms with Gasteiger partial charge in [-0.15, -0.1) is 0 Å². The van der Waals surface area contributed by atoms with E-state index in [1.807, 2.05) is 20.8 Å². The van der Waals surface area contributed by atoms with Crippen molar-refractivity contribution in [3.8, 4) is 0 Å². The molecule has 1 fully saturated rings. The zero-order valence-corrected chi connectivity index (χ0v) is 18.0. The van der Waals surface area contributed by atoms with Gasteiger partial charge in [-0.1, -0.05) is 22.0 Å². The highest BCUT2D eigenvalue weighted by atomic mass is 79.9. The number of ether oxygens (including phenoxy) is 1. The van der Waals surface area contributed by atoms with Crippen molar-refractivity contribution in [1.82, 2.24) is 0 Å². The second-order valence-corrected chi connectivity index (χ2v) is 11.1. The summed E-state index contributed by atoms with van der Waals surface area (Å²) in [7, 11) is 0.560. The second kappa shape index (κ2) is 7.24. The Balaban J connectivity index is 2.07. The third-order valence-electron chi connectivity index (χ3n) is 5.62. The molecule has 0 saturated heterocycles. The first-order valence-corrected chi connectivity index (χ1v) is 11.0. The molecule has 138 valence electrons. The minimum Gasteiger partial charge on any atom is -0.381 e. The molecule has 0 heterocycles. The Labute approximate surface area is 162 Å². The quantitative estimate of drug-likeness (QED) is 0.650. The molecule has 0 N–H and O–H groups in total. The van der Waals surface area contributed by atoms with Crippen LogP contribution in [0.25, 0.3) is 0 Å². The molecule has 5 heteroatoms. The summed E-state index contributed by atoms with van der Waals surface area (Å²) in [6.07, 6.45) is 6.76. The van der Waals surface area contributed by atoms with Gasteiger partial charge in [0.2, 0.25) is 0 Å². The molecule has 0 bridgehead atoms. The summed E-state index contributed by atoms with van der Waals surface area (Å²) < 4.78 is 24.0. The van der Waals surface area contributed by atoms with E-state index in [2.05, 4.69) is 34.1 Å². The summed E-state index contributed by atoms with van der Waals surface area (Å²) in [5, 5.41) is 0. The van der Waals surface area contributed by atoms with Gasteiger partial charge in [-0.2, -0.15) is 4.40 Å². The van der Waals surface area contributed by atoms with Crippen LogP contribution in [-0.2, 0) is 22.1 Å². The molecule has 1 unspecified atom stereocenters. The monoisotopic (exact) mass is 425 g/mol. The van der Waals surface area contributed by atoms with E-state index >= 15 is 0 Å². The van der Waals surface area contributed by atoms with Crippen LogP contribution < -0.4 is 0 Å². The fraction of sp³-hybridized carbons (Fsp3) is 0.650. The van der Waals surface area contributed by atoms with Crippen molar-refractivity contribution >= 4 is 32.6 Å². The van der Waals surface area contributed by atoms with E-state index in [-0.39, 0.29) is 10.2 Å².